The molecule has 118 valence electrons. The summed E-state index contributed by atoms with van der Waals surface area (Å²) in [6.45, 7) is 8.70. The van der Waals surface area contributed by atoms with Crippen LogP contribution in [-0.4, -0.2) is 32.0 Å². The minimum absolute atomic E-state index is 0.252. The maximum absolute atomic E-state index is 6.11. The van der Waals surface area contributed by atoms with Gasteiger partial charge in [0.25, 0.3) is 0 Å². The molecule has 0 bridgehead atoms. The molecule has 0 aliphatic heterocycles. The Bertz CT molecular complexity index is 419. The number of rotatable bonds is 8. The van der Waals surface area contributed by atoms with Crippen LogP contribution in [0.3, 0.4) is 0 Å². The summed E-state index contributed by atoms with van der Waals surface area (Å²) in [5.41, 5.74) is 2.87. The molecule has 21 heavy (non-hydrogen) atoms. The Morgan fingerprint density at radius 2 is 2.05 bits per heavy atom. The Morgan fingerprint density at radius 3 is 2.81 bits per heavy atom. The van der Waals surface area contributed by atoms with Gasteiger partial charge in [0.05, 0.1) is 31.5 Å². The van der Waals surface area contributed by atoms with Crippen LogP contribution >= 0.6 is 0 Å². The third-order valence-electron chi connectivity index (χ3n) is 3.94. The third-order valence-corrected chi connectivity index (χ3v) is 3.94. The molecule has 0 radical (unpaired) electrons. The molecule has 0 saturated carbocycles. The zero-order valence-electron chi connectivity index (χ0n) is 13.6. The highest BCUT2D eigenvalue weighted by atomic mass is 16.5. The fourth-order valence-corrected chi connectivity index (χ4v) is 2.93. The van der Waals surface area contributed by atoms with Gasteiger partial charge in [0, 0.05) is 0 Å². The quantitative estimate of drug-likeness (QED) is 0.744. The van der Waals surface area contributed by atoms with Crippen LogP contribution in [-0.2, 0) is 15.9 Å². The predicted molar refractivity (Wildman–Crippen MR) is 86.6 cm³/mol. The number of nitrogens with one attached hydrogen (secondary N) is 1. The summed E-state index contributed by atoms with van der Waals surface area (Å²) in [7, 11) is 0. The molecular weight excluding hydrogens is 262 g/mol. The maximum Gasteiger partial charge on any atom is 0.0774 e. The second-order valence-electron chi connectivity index (χ2n) is 6.00. The van der Waals surface area contributed by atoms with Gasteiger partial charge in [-0.1, -0.05) is 31.2 Å². The molecule has 0 amide bonds. The van der Waals surface area contributed by atoms with Crippen molar-refractivity contribution in [3.8, 4) is 0 Å². The minimum atomic E-state index is 0.252. The van der Waals surface area contributed by atoms with Crippen molar-refractivity contribution < 1.29 is 9.47 Å². The molecule has 0 fully saturated rings. The van der Waals surface area contributed by atoms with Crippen LogP contribution in [0.4, 0.5) is 0 Å². The molecule has 0 heterocycles. The molecule has 1 aromatic carbocycles. The van der Waals surface area contributed by atoms with Gasteiger partial charge in [-0.3, -0.25) is 0 Å². The van der Waals surface area contributed by atoms with Crippen molar-refractivity contribution in [3.63, 3.8) is 0 Å². The summed E-state index contributed by atoms with van der Waals surface area (Å²) in [5.74, 6) is 0. The van der Waals surface area contributed by atoms with Gasteiger partial charge in [-0.15, -0.1) is 0 Å². The summed E-state index contributed by atoms with van der Waals surface area (Å²) in [6, 6.07) is 9.06. The minimum Gasteiger partial charge on any atom is -0.376 e. The lowest BCUT2D eigenvalue weighted by Gasteiger charge is -2.34. The molecule has 2 unspecified atom stereocenters. The highest BCUT2D eigenvalue weighted by molar-refractivity contribution is 5.33. The number of aryl methyl sites for hydroxylation is 1. The van der Waals surface area contributed by atoms with Crippen LogP contribution in [0.1, 0.15) is 50.8 Å². The molecule has 1 aliphatic carbocycles. The number of ether oxygens (including phenoxy) is 2. The van der Waals surface area contributed by atoms with Crippen molar-refractivity contribution in [3.05, 3.63) is 35.4 Å². The average molecular weight is 291 g/mol. The SMILES string of the molecule is CCCNC1c2ccccc2CCC1OCCOC(C)C. The van der Waals surface area contributed by atoms with Gasteiger partial charge >= 0.3 is 0 Å². The first-order chi connectivity index (χ1) is 10.2. The molecule has 2 rings (SSSR count). The monoisotopic (exact) mass is 291 g/mol. The van der Waals surface area contributed by atoms with E-state index in [1.165, 1.54) is 11.1 Å². The van der Waals surface area contributed by atoms with E-state index in [-0.39, 0.29) is 12.2 Å². The molecular formula is C18H29NO2. The predicted octanol–water partition coefficient (Wildman–Crippen LogP) is 3.48. The Morgan fingerprint density at radius 1 is 1.24 bits per heavy atom. The van der Waals surface area contributed by atoms with Gasteiger partial charge in [-0.2, -0.15) is 0 Å². The second kappa shape index (κ2) is 8.52. The van der Waals surface area contributed by atoms with E-state index in [9.17, 15) is 0 Å². The van der Waals surface area contributed by atoms with Crippen molar-refractivity contribution in [1.82, 2.24) is 5.32 Å². The maximum atomic E-state index is 6.11. The van der Waals surface area contributed by atoms with E-state index in [0.717, 1.165) is 25.8 Å². The molecule has 1 aliphatic rings. The summed E-state index contributed by atoms with van der Waals surface area (Å²) in [6.07, 6.45) is 3.86. The van der Waals surface area contributed by atoms with Crippen molar-refractivity contribution in [2.24, 2.45) is 0 Å². The molecule has 3 nitrogen and oxygen atoms in total. The first-order valence-electron chi connectivity index (χ1n) is 8.26. The van der Waals surface area contributed by atoms with Crippen LogP contribution in [0.15, 0.2) is 24.3 Å². The van der Waals surface area contributed by atoms with E-state index in [1.807, 2.05) is 0 Å². The van der Waals surface area contributed by atoms with Crippen molar-refractivity contribution >= 4 is 0 Å². The van der Waals surface area contributed by atoms with Crippen LogP contribution in [0.5, 0.6) is 0 Å². The zero-order chi connectivity index (χ0) is 15.1. The van der Waals surface area contributed by atoms with E-state index in [0.29, 0.717) is 19.3 Å². The van der Waals surface area contributed by atoms with Gasteiger partial charge in [0.2, 0.25) is 0 Å². The second-order valence-corrected chi connectivity index (χ2v) is 6.00. The lowest BCUT2D eigenvalue weighted by molar-refractivity contribution is -0.0311. The molecule has 0 aromatic heterocycles. The van der Waals surface area contributed by atoms with Crippen molar-refractivity contribution in [1.29, 1.82) is 0 Å². The summed E-state index contributed by atoms with van der Waals surface area (Å²) >= 11 is 0. The largest absolute Gasteiger partial charge is 0.376 e. The molecule has 3 heteroatoms. The molecule has 1 N–H and O–H groups in total. The van der Waals surface area contributed by atoms with Crippen LogP contribution in [0.25, 0.3) is 0 Å². The Balaban J connectivity index is 1.96. The number of hydrogen-bond donors (Lipinski definition) is 1. The van der Waals surface area contributed by atoms with E-state index >= 15 is 0 Å². The van der Waals surface area contributed by atoms with E-state index < -0.39 is 0 Å². The van der Waals surface area contributed by atoms with E-state index in [2.05, 4.69) is 50.4 Å². The molecule has 0 spiro atoms. The van der Waals surface area contributed by atoms with Gasteiger partial charge in [0.15, 0.2) is 0 Å². The Hall–Kier alpha value is -0.900. The van der Waals surface area contributed by atoms with Crippen LogP contribution < -0.4 is 5.32 Å². The fourth-order valence-electron chi connectivity index (χ4n) is 2.93. The third kappa shape index (κ3) is 4.80. The first-order valence-corrected chi connectivity index (χ1v) is 8.26. The number of benzene rings is 1. The van der Waals surface area contributed by atoms with Crippen LogP contribution in [0, 0.1) is 0 Å². The molecule has 0 saturated heterocycles. The summed E-state index contributed by atoms with van der Waals surface area (Å²) in [4.78, 5) is 0. The summed E-state index contributed by atoms with van der Waals surface area (Å²) < 4.78 is 11.7. The average Bonchev–Trinajstić information content (AvgIpc) is 2.49. The fraction of sp³-hybridized carbons (Fsp3) is 0.667. The molecule has 2 atom stereocenters. The van der Waals surface area contributed by atoms with E-state index in [1.54, 1.807) is 0 Å². The Labute approximate surface area is 129 Å². The Kier molecular flexibility index (Phi) is 6.68. The highest BCUT2D eigenvalue weighted by Crippen LogP contribution is 2.31. The van der Waals surface area contributed by atoms with Gasteiger partial charge < -0.3 is 14.8 Å². The zero-order valence-corrected chi connectivity index (χ0v) is 13.6. The summed E-state index contributed by atoms with van der Waals surface area (Å²) in [5, 5.41) is 3.66. The lowest BCUT2D eigenvalue weighted by atomic mass is 9.85. The van der Waals surface area contributed by atoms with Gasteiger partial charge in [0.1, 0.15) is 0 Å². The van der Waals surface area contributed by atoms with Crippen LogP contribution in [0.2, 0.25) is 0 Å². The van der Waals surface area contributed by atoms with Gasteiger partial charge in [-0.05, 0) is 50.8 Å². The highest BCUT2D eigenvalue weighted by Gasteiger charge is 2.29. The van der Waals surface area contributed by atoms with Crippen molar-refractivity contribution in [2.75, 3.05) is 19.8 Å². The number of hydrogen-bond acceptors (Lipinski definition) is 3. The van der Waals surface area contributed by atoms with E-state index in [4.69, 9.17) is 9.47 Å². The topological polar surface area (TPSA) is 30.5 Å². The normalized spacial score (nSPS) is 21.5. The van der Waals surface area contributed by atoms with Gasteiger partial charge in [-0.25, -0.2) is 0 Å². The first kappa shape index (κ1) is 16.5. The standard InChI is InChI=1S/C18H29NO2/c1-4-11-19-18-16-8-6-5-7-15(16)9-10-17(18)21-13-12-20-14(2)3/h5-8,14,17-19H,4,9-13H2,1-3H3. The molecule has 1 aromatic rings. The smallest absolute Gasteiger partial charge is 0.0774 e. The lowest BCUT2D eigenvalue weighted by Crippen LogP contribution is -2.38. The number of fused-ring (bicyclic) bond motifs is 1. The van der Waals surface area contributed by atoms with Crippen molar-refractivity contribution in [2.45, 2.75) is 58.3 Å².